The molecular weight excluding hydrogens is 360 g/mol. The summed E-state index contributed by atoms with van der Waals surface area (Å²) in [7, 11) is -3.24. The molecule has 0 radical (unpaired) electrons. The van der Waals surface area contributed by atoms with Crippen molar-refractivity contribution in [2.24, 2.45) is 0 Å². The highest BCUT2D eigenvalue weighted by atomic mass is 32.2. The van der Waals surface area contributed by atoms with Crippen LogP contribution in [0, 0.1) is 6.92 Å². The average Bonchev–Trinajstić information content (AvgIpc) is 2.66. The summed E-state index contributed by atoms with van der Waals surface area (Å²) in [5.41, 5.74) is 3.30. The minimum absolute atomic E-state index is 0.126. The van der Waals surface area contributed by atoms with Crippen molar-refractivity contribution in [3.8, 4) is 0 Å². The van der Waals surface area contributed by atoms with Gasteiger partial charge in [0.2, 0.25) is 10.0 Å². The zero-order valence-corrected chi connectivity index (χ0v) is 16.5. The lowest BCUT2D eigenvalue weighted by atomic mass is 10.1. The summed E-state index contributed by atoms with van der Waals surface area (Å²) < 4.78 is 26.1. The maximum Gasteiger partial charge on any atom is 0.251 e. The van der Waals surface area contributed by atoms with Crippen LogP contribution in [-0.4, -0.2) is 33.2 Å². The molecule has 0 saturated carbocycles. The van der Waals surface area contributed by atoms with E-state index in [1.165, 1.54) is 9.87 Å². The maximum atomic E-state index is 12.4. The Balaban J connectivity index is 1.59. The molecule has 1 aliphatic heterocycles. The van der Waals surface area contributed by atoms with Crippen molar-refractivity contribution >= 4 is 21.6 Å². The highest BCUT2D eigenvalue weighted by Crippen LogP contribution is 2.27. The van der Waals surface area contributed by atoms with Crippen molar-refractivity contribution in [3.05, 3.63) is 65.2 Å². The first-order chi connectivity index (χ1) is 13.0. The van der Waals surface area contributed by atoms with Crippen molar-refractivity contribution in [3.63, 3.8) is 0 Å². The largest absolute Gasteiger partial charge is 0.352 e. The van der Waals surface area contributed by atoms with Crippen LogP contribution >= 0.6 is 0 Å². The number of amides is 1. The molecule has 0 aromatic heterocycles. The van der Waals surface area contributed by atoms with Crippen LogP contribution in [-0.2, 0) is 16.4 Å². The zero-order chi connectivity index (χ0) is 19.3. The lowest BCUT2D eigenvalue weighted by Gasteiger charge is -2.29. The Kier molecular flexibility index (Phi) is 6.16. The fourth-order valence-corrected chi connectivity index (χ4v) is 5.08. The van der Waals surface area contributed by atoms with E-state index in [1.807, 2.05) is 25.1 Å². The fourth-order valence-electron chi connectivity index (χ4n) is 3.38. The smallest absolute Gasteiger partial charge is 0.251 e. The summed E-state index contributed by atoms with van der Waals surface area (Å²) >= 11 is 0. The van der Waals surface area contributed by atoms with Gasteiger partial charge in [0.1, 0.15) is 0 Å². The second-order valence-electron chi connectivity index (χ2n) is 6.94. The lowest BCUT2D eigenvalue weighted by Crippen LogP contribution is -2.38. The first-order valence-electron chi connectivity index (χ1n) is 9.40. The molecule has 1 N–H and O–H groups in total. The lowest BCUT2D eigenvalue weighted by molar-refractivity contribution is 0.0953. The third kappa shape index (κ3) is 4.89. The fraction of sp³-hybridized carbons (Fsp3) is 0.381. The van der Waals surface area contributed by atoms with Crippen molar-refractivity contribution in [1.82, 2.24) is 5.32 Å². The number of carbonyl (C=O) groups is 1. The molecule has 27 heavy (non-hydrogen) atoms. The molecule has 1 amide bonds. The van der Waals surface area contributed by atoms with Crippen molar-refractivity contribution < 1.29 is 13.2 Å². The second kappa shape index (κ2) is 8.57. The Hall–Kier alpha value is -2.34. The first kappa shape index (κ1) is 19.4. The molecular formula is C21H26N2O3S. The van der Waals surface area contributed by atoms with Gasteiger partial charge in [0.25, 0.3) is 5.91 Å². The summed E-state index contributed by atoms with van der Waals surface area (Å²) in [4.78, 5) is 12.4. The topological polar surface area (TPSA) is 66.5 Å². The number of rotatable bonds is 6. The molecule has 0 bridgehead atoms. The number of sulfonamides is 1. The van der Waals surface area contributed by atoms with Crippen molar-refractivity contribution in [1.29, 1.82) is 0 Å². The number of aryl methyl sites for hydroxylation is 2. The van der Waals surface area contributed by atoms with E-state index in [1.54, 1.807) is 18.2 Å². The second-order valence-corrected chi connectivity index (χ2v) is 8.95. The SMILES string of the molecule is Cc1cc(C(=O)NCCCc2ccccc2)ccc1N1CCCCS1(=O)=O. The average molecular weight is 387 g/mol. The van der Waals surface area contributed by atoms with Gasteiger partial charge in [-0.05, 0) is 61.9 Å². The van der Waals surface area contributed by atoms with Crippen molar-refractivity contribution in [2.75, 3.05) is 23.1 Å². The number of hydrogen-bond acceptors (Lipinski definition) is 3. The molecule has 2 aromatic rings. The molecule has 144 valence electrons. The Morgan fingerprint density at radius 1 is 1.11 bits per heavy atom. The summed E-state index contributed by atoms with van der Waals surface area (Å²) in [6, 6.07) is 15.4. The van der Waals surface area contributed by atoms with E-state index in [0.29, 0.717) is 30.8 Å². The quantitative estimate of drug-likeness (QED) is 0.775. The molecule has 0 unspecified atom stereocenters. The monoisotopic (exact) mass is 386 g/mol. The molecule has 0 atom stereocenters. The van der Waals surface area contributed by atoms with E-state index in [-0.39, 0.29) is 11.7 Å². The van der Waals surface area contributed by atoms with Gasteiger partial charge in [0.05, 0.1) is 11.4 Å². The van der Waals surface area contributed by atoms with Crippen LogP contribution in [0.2, 0.25) is 0 Å². The van der Waals surface area contributed by atoms with Crippen LogP contribution in [0.1, 0.15) is 40.7 Å². The van der Waals surface area contributed by atoms with Crippen LogP contribution in [0.15, 0.2) is 48.5 Å². The van der Waals surface area contributed by atoms with E-state index in [9.17, 15) is 13.2 Å². The molecule has 0 spiro atoms. The van der Waals surface area contributed by atoms with Gasteiger partial charge < -0.3 is 5.32 Å². The van der Waals surface area contributed by atoms with Gasteiger partial charge in [-0.3, -0.25) is 9.10 Å². The number of anilines is 1. The third-order valence-corrected chi connectivity index (χ3v) is 6.70. The van der Waals surface area contributed by atoms with Crippen LogP contribution in [0.5, 0.6) is 0 Å². The zero-order valence-electron chi connectivity index (χ0n) is 15.6. The molecule has 5 nitrogen and oxygen atoms in total. The summed E-state index contributed by atoms with van der Waals surface area (Å²) in [5, 5.41) is 2.94. The van der Waals surface area contributed by atoms with E-state index in [2.05, 4.69) is 17.4 Å². The van der Waals surface area contributed by atoms with Gasteiger partial charge in [-0.15, -0.1) is 0 Å². The number of benzene rings is 2. The molecule has 1 heterocycles. The van der Waals surface area contributed by atoms with Gasteiger partial charge in [-0.1, -0.05) is 30.3 Å². The highest BCUT2D eigenvalue weighted by Gasteiger charge is 2.27. The van der Waals surface area contributed by atoms with Gasteiger partial charge >= 0.3 is 0 Å². The van der Waals surface area contributed by atoms with Crippen LogP contribution in [0.25, 0.3) is 0 Å². The van der Waals surface area contributed by atoms with E-state index < -0.39 is 10.0 Å². The van der Waals surface area contributed by atoms with Crippen molar-refractivity contribution in [2.45, 2.75) is 32.6 Å². The third-order valence-electron chi connectivity index (χ3n) is 4.85. The summed E-state index contributed by atoms with van der Waals surface area (Å²) in [6.07, 6.45) is 3.37. The Labute approximate surface area is 161 Å². The Morgan fingerprint density at radius 3 is 2.59 bits per heavy atom. The minimum atomic E-state index is -3.24. The van der Waals surface area contributed by atoms with E-state index in [0.717, 1.165) is 24.8 Å². The summed E-state index contributed by atoms with van der Waals surface area (Å²) in [5.74, 6) is 0.0648. The van der Waals surface area contributed by atoms with E-state index in [4.69, 9.17) is 0 Å². The number of nitrogens with one attached hydrogen (secondary N) is 1. The number of nitrogens with zero attached hydrogens (tertiary/aromatic N) is 1. The molecule has 1 aliphatic rings. The number of hydrogen-bond donors (Lipinski definition) is 1. The van der Waals surface area contributed by atoms with Crippen LogP contribution in [0.3, 0.4) is 0 Å². The normalized spacial score (nSPS) is 16.1. The molecule has 0 aliphatic carbocycles. The predicted octanol–water partition coefficient (Wildman–Crippen LogP) is 3.29. The first-order valence-corrected chi connectivity index (χ1v) is 11.0. The standard InChI is InChI=1S/C21H26N2O3S/c1-17-16-19(11-12-20(17)23-14-5-6-15-27(23,25)26)21(24)22-13-7-10-18-8-3-2-4-9-18/h2-4,8-9,11-12,16H,5-7,10,13-15H2,1H3,(H,22,24). The van der Waals surface area contributed by atoms with Crippen LogP contribution in [0.4, 0.5) is 5.69 Å². The van der Waals surface area contributed by atoms with Gasteiger partial charge in [0.15, 0.2) is 0 Å². The van der Waals surface area contributed by atoms with Gasteiger partial charge in [0, 0.05) is 18.7 Å². The molecule has 6 heteroatoms. The van der Waals surface area contributed by atoms with E-state index >= 15 is 0 Å². The Bertz CT molecular complexity index is 895. The predicted molar refractivity (Wildman–Crippen MR) is 109 cm³/mol. The Morgan fingerprint density at radius 2 is 1.89 bits per heavy atom. The number of carbonyl (C=O) groups excluding carboxylic acids is 1. The van der Waals surface area contributed by atoms with Crippen LogP contribution < -0.4 is 9.62 Å². The highest BCUT2D eigenvalue weighted by molar-refractivity contribution is 7.92. The minimum Gasteiger partial charge on any atom is -0.352 e. The summed E-state index contributed by atoms with van der Waals surface area (Å²) in [6.45, 7) is 2.97. The molecule has 2 aromatic carbocycles. The molecule has 1 fully saturated rings. The molecule has 3 rings (SSSR count). The van der Waals surface area contributed by atoms with Gasteiger partial charge in [-0.25, -0.2) is 8.42 Å². The van der Waals surface area contributed by atoms with Gasteiger partial charge in [-0.2, -0.15) is 0 Å². The maximum absolute atomic E-state index is 12.4. The molecule has 1 saturated heterocycles.